The third-order valence-corrected chi connectivity index (χ3v) is 0.940. The zero-order valence-electron chi connectivity index (χ0n) is 6.94. The van der Waals surface area contributed by atoms with Crippen molar-refractivity contribution in [3.63, 3.8) is 0 Å². The molecular formula is C7H11ClO4S. The Morgan fingerprint density at radius 2 is 1.54 bits per heavy atom. The van der Waals surface area contributed by atoms with E-state index >= 15 is 0 Å². The van der Waals surface area contributed by atoms with Gasteiger partial charge in [0.05, 0.1) is 0 Å². The molecule has 0 aromatic heterocycles. The van der Waals surface area contributed by atoms with Crippen LogP contribution in [0.25, 0.3) is 0 Å². The van der Waals surface area contributed by atoms with Crippen LogP contribution in [0.5, 0.6) is 0 Å². The van der Waals surface area contributed by atoms with Crippen molar-refractivity contribution in [1.82, 2.24) is 0 Å². The summed E-state index contributed by atoms with van der Waals surface area (Å²) < 4.78 is 25.2. The lowest BCUT2D eigenvalue weighted by Gasteiger charge is -1.82. The molecule has 0 aliphatic carbocycles. The maximum Gasteiger partial charge on any atom is 0.353 e. The first-order chi connectivity index (χ1) is 5.39. The maximum atomic E-state index is 8.95. The molecule has 13 heavy (non-hydrogen) atoms. The minimum absolute atomic E-state index is 0. The highest BCUT2D eigenvalue weighted by atomic mass is 35.7. The first kappa shape index (κ1) is 14.9. The van der Waals surface area contributed by atoms with Crippen LogP contribution >= 0.6 is 10.7 Å². The number of aryl methyl sites for hydroxylation is 1. The molecule has 0 fully saturated rings. The van der Waals surface area contributed by atoms with E-state index < -0.39 is 9.33 Å². The van der Waals surface area contributed by atoms with E-state index in [4.69, 9.17) is 13.0 Å². The summed E-state index contributed by atoms with van der Waals surface area (Å²) in [5.74, 6) is 0. The van der Waals surface area contributed by atoms with Crippen molar-refractivity contribution in [2.24, 2.45) is 0 Å². The van der Waals surface area contributed by atoms with E-state index in [1.165, 1.54) is 5.56 Å². The summed E-state index contributed by atoms with van der Waals surface area (Å²) in [6.07, 6.45) is 0. The molecule has 1 aromatic rings. The average molecular weight is 227 g/mol. The molecule has 0 spiro atoms. The predicted molar refractivity (Wildman–Crippen MR) is 52.2 cm³/mol. The van der Waals surface area contributed by atoms with Crippen LogP contribution in [0.15, 0.2) is 30.3 Å². The smallest absolute Gasteiger partial charge is 0.353 e. The molecule has 1 aromatic carbocycles. The van der Waals surface area contributed by atoms with Gasteiger partial charge in [-0.1, -0.05) is 35.9 Å². The average Bonchev–Trinajstić information content (AvgIpc) is 1.85. The number of benzene rings is 1. The summed E-state index contributed by atoms with van der Waals surface area (Å²) in [4.78, 5) is 0. The molecule has 0 aliphatic rings. The lowest BCUT2D eigenvalue weighted by atomic mass is 10.2. The zero-order valence-corrected chi connectivity index (χ0v) is 8.51. The SMILES string of the molecule is Cc1ccccc1.O.O=S(=O)(O)Cl. The Bertz CT molecular complexity index is 301. The Kier molecular flexibility index (Phi) is 7.84. The standard InChI is InChI=1S/C7H8.ClHO3S.H2O/c1-7-5-3-2-4-6-7;1-5(2,3)4;/h2-6H,1H3;(H,2,3,4);1H2. The van der Waals surface area contributed by atoms with E-state index in [2.05, 4.69) is 29.7 Å². The topological polar surface area (TPSA) is 85.9 Å². The van der Waals surface area contributed by atoms with Gasteiger partial charge in [-0.05, 0) is 6.92 Å². The van der Waals surface area contributed by atoms with Crippen molar-refractivity contribution in [3.8, 4) is 0 Å². The van der Waals surface area contributed by atoms with E-state index in [0.717, 1.165) is 0 Å². The van der Waals surface area contributed by atoms with Crippen LogP contribution in [-0.4, -0.2) is 18.4 Å². The van der Waals surface area contributed by atoms with Gasteiger partial charge in [0.2, 0.25) is 0 Å². The maximum absolute atomic E-state index is 8.95. The molecule has 0 saturated heterocycles. The molecule has 0 aliphatic heterocycles. The lowest BCUT2D eigenvalue weighted by molar-refractivity contribution is 0.501. The summed E-state index contributed by atoms with van der Waals surface area (Å²) in [6.45, 7) is 2.08. The van der Waals surface area contributed by atoms with Crippen molar-refractivity contribution in [1.29, 1.82) is 0 Å². The Labute approximate surface area is 81.7 Å². The molecule has 4 nitrogen and oxygen atoms in total. The molecule has 0 saturated carbocycles. The first-order valence-corrected chi connectivity index (χ1v) is 5.35. The molecule has 0 atom stereocenters. The summed E-state index contributed by atoms with van der Waals surface area (Å²) in [5, 5.41) is 0. The van der Waals surface area contributed by atoms with Crippen LogP contribution in [0.1, 0.15) is 5.56 Å². The van der Waals surface area contributed by atoms with Crippen LogP contribution in [0, 0.1) is 6.92 Å². The van der Waals surface area contributed by atoms with Gasteiger partial charge in [0.15, 0.2) is 0 Å². The number of hydrogen-bond acceptors (Lipinski definition) is 2. The Balaban J connectivity index is 0. The molecule has 3 N–H and O–H groups in total. The van der Waals surface area contributed by atoms with Crippen molar-refractivity contribution in [2.75, 3.05) is 0 Å². The van der Waals surface area contributed by atoms with Gasteiger partial charge < -0.3 is 5.48 Å². The number of rotatable bonds is 0. The highest BCUT2D eigenvalue weighted by Gasteiger charge is 1.86. The quantitative estimate of drug-likeness (QED) is 0.533. The van der Waals surface area contributed by atoms with E-state index in [1.54, 1.807) is 0 Å². The van der Waals surface area contributed by atoms with E-state index in [0.29, 0.717) is 0 Å². The van der Waals surface area contributed by atoms with Crippen molar-refractivity contribution in [3.05, 3.63) is 35.9 Å². The molecule has 1 rings (SSSR count). The van der Waals surface area contributed by atoms with Gasteiger partial charge in [-0.3, -0.25) is 4.55 Å². The van der Waals surface area contributed by atoms with Crippen molar-refractivity contribution >= 4 is 20.0 Å². The van der Waals surface area contributed by atoms with Gasteiger partial charge in [-0.25, -0.2) is 0 Å². The fraction of sp³-hybridized carbons (Fsp3) is 0.143. The normalized spacial score (nSPS) is 9.15. The van der Waals surface area contributed by atoms with Crippen molar-refractivity contribution in [2.45, 2.75) is 6.92 Å². The monoisotopic (exact) mass is 226 g/mol. The minimum atomic E-state index is -4.19. The van der Waals surface area contributed by atoms with Gasteiger partial charge in [-0.15, -0.1) is 0 Å². The van der Waals surface area contributed by atoms with E-state index in [-0.39, 0.29) is 5.48 Å². The van der Waals surface area contributed by atoms with E-state index in [1.807, 2.05) is 18.2 Å². The second-order valence-corrected chi connectivity index (χ2v) is 4.06. The highest BCUT2D eigenvalue weighted by Crippen LogP contribution is 1.92. The second kappa shape index (κ2) is 6.85. The van der Waals surface area contributed by atoms with Crippen molar-refractivity contribution < 1.29 is 18.4 Å². The molecular weight excluding hydrogens is 216 g/mol. The molecule has 76 valence electrons. The fourth-order valence-electron chi connectivity index (χ4n) is 0.534. The Morgan fingerprint density at radius 1 is 1.23 bits per heavy atom. The molecule has 0 unspecified atom stereocenters. The third-order valence-electron chi connectivity index (χ3n) is 0.940. The highest BCUT2D eigenvalue weighted by molar-refractivity contribution is 8.09. The molecule has 0 amide bonds. The summed E-state index contributed by atoms with van der Waals surface area (Å²) in [6, 6.07) is 10.3. The van der Waals surface area contributed by atoms with Gasteiger partial charge in [-0.2, -0.15) is 8.42 Å². The minimum Gasteiger partial charge on any atom is -0.412 e. The van der Waals surface area contributed by atoms with Crippen LogP contribution in [0.4, 0.5) is 0 Å². The largest absolute Gasteiger partial charge is 0.412 e. The van der Waals surface area contributed by atoms with E-state index in [9.17, 15) is 0 Å². The van der Waals surface area contributed by atoms with Gasteiger partial charge in [0, 0.05) is 10.7 Å². The summed E-state index contributed by atoms with van der Waals surface area (Å²) >= 11 is 0. The fourth-order valence-corrected chi connectivity index (χ4v) is 0.534. The molecule has 0 bridgehead atoms. The van der Waals surface area contributed by atoms with Gasteiger partial charge >= 0.3 is 9.33 Å². The zero-order chi connectivity index (χ0) is 9.61. The molecule has 0 radical (unpaired) electrons. The van der Waals surface area contributed by atoms with Crippen LogP contribution < -0.4 is 0 Å². The third kappa shape index (κ3) is 18.4. The second-order valence-electron chi connectivity index (χ2n) is 2.07. The predicted octanol–water partition coefficient (Wildman–Crippen LogP) is 1.20. The molecule has 6 heteroatoms. The Morgan fingerprint density at radius 3 is 1.69 bits per heavy atom. The first-order valence-electron chi connectivity index (χ1n) is 3.08. The van der Waals surface area contributed by atoms with Crippen LogP contribution in [-0.2, 0) is 9.33 Å². The van der Waals surface area contributed by atoms with Crippen LogP contribution in [0.3, 0.4) is 0 Å². The lowest BCUT2D eigenvalue weighted by Crippen LogP contribution is -1.77. The summed E-state index contributed by atoms with van der Waals surface area (Å²) in [5.41, 5.74) is 1.32. The number of halogens is 1. The summed E-state index contributed by atoms with van der Waals surface area (Å²) in [7, 11) is -0.137. The molecule has 0 heterocycles. The van der Waals surface area contributed by atoms with Gasteiger partial charge in [0.25, 0.3) is 0 Å². The van der Waals surface area contributed by atoms with Crippen LogP contribution in [0.2, 0.25) is 0 Å². The Hall–Kier alpha value is -0.620. The number of hydrogen-bond donors (Lipinski definition) is 1. The van der Waals surface area contributed by atoms with Gasteiger partial charge in [0.1, 0.15) is 0 Å².